The first kappa shape index (κ1) is 12.1. The Balaban J connectivity index is 2.84. The van der Waals surface area contributed by atoms with E-state index in [1.807, 2.05) is 37.4 Å². The fourth-order valence-electron chi connectivity index (χ4n) is 1.56. The Morgan fingerprint density at radius 1 is 1.53 bits per heavy atom. The summed E-state index contributed by atoms with van der Waals surface area (Å²) in [6.45, 7) is 1.98. The minimum absolute atomic E-state index is 0.364. The Hall–Kier alpha value is -0.960. The van der Waals surface area contributed by atoms with E-state index in [0.717, 1.165) is 16.9 Å². The van der Waals surface area contributed by atoms with Crippen LogP contribution in [0.4, 0.5) is 0 Å². The molecule has 0 aliphatic heterocycles. The Labute approximate surface area is 94.7 Å². The van der Waals surface area contributed by atoms with Crippen molar-refractivity contribution in [1.82, 2.24) is 0 Å². The van der Waals surface area contributed by atoms with Crippen molar-refractivity contribution in [3.8, 4) is 0 Å². The lowest BCUT2D eigenvalue weighted by atomic mass is 9.95. The summed E-state index contributed by atoms with van der Waals surface area (Å²) < 4.78 is 0. The van der Waals surface area contributed by atoms with E-state index in [1.165, 1.54) is 0 Å². The molecule has 0 fully saturated rings. The SMILES string of the molecule is CSCCC(C(=O)O)c1cccc(C)c1. The van der Waals surface area contributed by atoms with Crippen LogP contribution in [0.25, 0.3) is 0 Å². The summed E-state index contributed by atoms with van der Waals surface area (Å²) >= 11 is 1.68. The molecule has 0 aliphatic carbocycles. The fraction of sp³-hybridized carbons (Fsp3) is 0.417. The topological polar surface area (TPSA) is 37.3 Å². The zero-order valence-corrected chi connectivity index (χ0v) is 9.88. The number of carboxylic acids is 1. The highest BCUT2D eigenvalue weighted by atomic mass is 32.2. The minimum atomic E-state index is -0.727. The van der Waals surface area contributed by atoms with Crippen molar-refractivity contribution < 1.29 is 9.90 Å². The predicted octanol–water partition coefficient (Wildman–Crippen LogP) is 2.92. The van der Waals surface area contributed by atoms with Crippen LogP contribution < -0.4 is 0 Å². The van der Waals surface area contributed by atoms with Gasteiger partial charge in [-0.3, -0.25) is 4.79 Å². The molecule has 1 N–H and O–H groups in total. The minimum Gasteiger partial charge on any atom is -0.481 e. The van der Waals surface area contributed by atoms with Crippen molar-refractivity contribution in [3.63, 3.8) is 0 Å². The molecule has 3 heteroatoms. The summed E-state index contributed by atoms with van der Waals surface area (Å²) in [5, 5.41) is 9.13. The van der Waals surface area contributed by atoms with Crippen molar-refractivity contribution in [2.75, 3.05) is 12.0 Å². The van der Waals surface area contributed by atoms with E-state index in [-0.39, 0.29) is 5.92 Å². The van der Waals surface area contributed by atoms with Gasteiger partial charge in [-0.2, -0.15) is 11.8 Å². The van der Waals surface area contributed by atoms with E-state index in [2.05, 4.69) is 0 Å². The molecule has 0 aliphatic rings. The van der Waals surface area contributed by atoms with Crippen LogP contribution in [0.3, 0.4) is 0 Å². The molecular formula is C12H16O2S. The van der Waals surface area contributed by atoms with Crippen LogP contribution in [-0.2, 0) is 4.79 Å². The van der Waals surface area contributed by atoms with Crippen molar-refractivity contribution in [2.24, 2.45) is 0 Å². The molecule has 1 aromatic rings. The maximum Gasteiger partial charge on any atom is 0.311 e. The second-order valence-electron chi connectivity index (χ2n) is 3.59. The third kappa shape index (κ3) is 3.59. The highest BCUT2D eigenvalue weighted by molar-refractivity contribution is 7.98. The van der Waals surface area contributed by atoms with Gasteiger partial charge in [-0.15, -0.1) is 0 Å². The quantitative estimate of drug-likeness (QED) is 0.835. The van der Waals surface area contributed by atoms with Gasteiger partial charge in [0.05, 0.1) is 5.92 Å². The van der Waals surface area contributed by atoms with Gasteiger partial charge < -0.3 is 5.11 Å². The molecule has 0 bridgehead atoms. The van der Waals surface area contributed by atoms with E-state index >= 15 is 0 Å². The molecule has 0 saturated carbocycles. The monoisotopic (exact) mass is 224 g/mol. The van der Waals surface area contributed by atoms with E-state index in [9.17, 15) is 4.79 Å². The number of aliphatic carboxylic acids is 1. The number of benzene rings is 1. The fourth-order valence-corrected chi connectivity index (χ4v) is 2.03. The molecule has 0 aromatic heterocycles. The van der Waals surface area contributed by atoms with Crippen molar-refractivity contribution in [3.05, 3.63) is 35.4 Å². The van der Waals surface area contributed by atoms with Crippen molar-refractivity contribution >= 4 is 17.7 Å². The van der Waals surface area contributed by atoms with Crippen molar-refractivity contribution in [1.29, 1.82) is 0 Å². The van der Waals surface area contributed by atoms with Crippen LogP contribution in [0.1, 0.15) is 23.5 Å². The molecular weight excluding hydrogens is 208 g/mol. The molecule has 1 rings (SSSR count). The number of rotatable bonds is 5. The van der Waals surface area contributed by atoms with Gasteiger partial charge in [0.25, 0.3) is 0 Å². The second-order valence-corrected chi connectivity index (χ2v) is 4.57. The van der Waals surface area contributed by atoms with Crippen LogP contribution in [0, 0.1) is 6.92 Å². The van der Waals surface area contributed by atoms with Gasteiger partial charge in [0.1, 0.15) is 0 Å². The van der Waals surface area contributed by atoms with Crippen LogP contribution in [-0.4, -0.2) is 23.1 Å². The van der Waals surface area contributed by atoms with E-state index in [4.69, 9.17) is 5.11 Å². The third-order valence-electron chi connectivity index (χ3n) is 2.35. The van der Waals surface area contributed by atoms with E-state index in [1.54, 1.807) is 11.8 Å². The summed E-state index contributed by atoms with van der Waals surface area (Å²) in [4.78, 5) is 11.1. The maximum atomic E-state index is 11.1. The zero-order chi connectivity index (χ0) is 11.3. The van der Waals surface area contributed by atoms with E-state index < -0.39 is 5.97 Å². The molecule has 0 amide bonds. The van der Waals surface area contributed by atoms with Gasteiger partial charge in [0, 0.05) is 0 Å². The summed E-state index contributed by atoms with van der Waals surface area (Å²) in [5.74, 6) is -0.211. The zero-order valence-electron chi connectivity index (χ0n) is 9.06. The lowest BCUT2D eigenvalue weighted by molar-refractivity contribution is -0.138. The number of hydrogen-bond donors (Lipinski definition) is 1. The van der Waals surface area contributed by atoms with Crippen LogP contribution in [0.2, 0.25) is 0 Å². The van der Waals surface area contributed by atoms with Crippen LogP contribution in [0.5, 0.6) is 0 Å². The van der Waals surface area contributed by atoms with Gasteiger partial charge in [0.2, 0.25) is 0 Å². The normalized spacial score (nSPS) is 12.4. The summed E-state index contributed by atoms with van der Waals surface area (Å²) in [6.07, 6.45) is 2.69. The number of carboxylic acid groups (broad SMARTS) is 1. The molecule has 1 unspecified atom stereocenters. The summed E-state index contributed by atoms with van der Waals surface area (Å²) in [6, 6.07) is 7.75. The second kappa shape index (κ2) is 5.81. The lowest BCUT2D eigenvalue weighted by Crippen LogP contribution is -2.12. The van der Waals surface area contributed by atoms with Gasteiger partial charge in [-0.1, -0.05) is 29.8 Å². The number of thioether (sulfide) groups is 1. The number of hydrogen-bond acceptors (Lipinski definition) is 2. The Morgan fingerprint density at radius 3 is 2.80 bits per heavy atom. The smallest absolute Gasteiger partial charge is 0.311 e. The van der Waals surface area contributed by atoms with Gasteiger partial charge in [0.15, 0.2) is 0 Å². The molecule has 0 radical (unpaired) electrons. The van der Waals surface area contributed by atoms with E-state index in [0.29, 0.717) is 6.42 Å². The number of carbonyl (C=O) groups is 1. The first-order chi connectivity index (χ1) is 7.15. The summed E-state index contributed by atoms with van der Waals surface area (Å²) in [5.41, 5.74) is 2.03. The molecule has 0 heterocycles. The standard InChI is InChI=1S/C12H16O2S/c1-9-4-3-5-10(8-9)11(12(13)14)6-7-15-2/h3-5,8,11H,6-7H2,1-2H3,(H,13,14). The molecule has 15 heavy (non-hydrogen) atoms. The van der Waals surface area contributed by atoms with Gasteiger partial charge in [-0.05, 0) is 30.9 Å². The van der Waals surface area contributed by atoms with Crippen LogP contribution in [0.15, 0.2) is 24.3 Å². The molecule has 82 valence electrons. The van der Waals surface area contributed by atoms with Gasteiger partial charge in [-0.25, -0.2) is 0 Å². The van der Waals surface area contributed by atoms with Crippen molar-refractivity contribution in [2.45, 2.75) is 19.3 Å². The predicted molar refractivity (Wildman–Crippen MR) is 64.6 cm³/mol. The highest BCUT2D eigenvalue weighted by Gasteiger charge is 2.18. The van der Waals surface area contributed by atoms with Gasteiger partial charge >= 0.3 is 5.97 Å². The number of aryl methyl sites for hydroxylation is 1. The first-order valence-electron chi connectivity index (χ1n) is 4.93. The molecule has 0 spiro atoms. The third-order valence-corrected chi connectivity index (χ3v) is 3.00. The lowest BCUT2D eigenvalue weighted by Gasteiger charge is -2.12. The highest BCUT2D eigenvalue weighted by Crippen LogP contribution is 2.22. The average molecular weight is 224 g/mol. The molecule has 2 nitrogen and oxygen atoms in total. The molecule has 1 aromatic carbocycles. The average Bonchev–Trinajstić information content (AvgIpc) is 2.18. The van der Waals surface area contributed by atoms with Crippen LogP contribution >= 0.6 is 11.8 Å². The molecule has 0 saturated heterocycles. The first-order valence-corrected chi connectivity index (χ1v) is 6.33. The Kier molecular flexibility index (Phi) is 4.69. The molecule has 1 atom stereocenters. The summed E-state index contributed by atoms with van der Waals surface area (Å²) in [7, 11) is 0. The Morgan fingerprint density at radius 2 is 2.27 bits per heavy atom. The Bertz CT molecular complexity index is 336. The largest absolute Gasteiger partial charge is 0.481 e. The maximum absolute atomic E-state index is 11.1.